The Morgan fingerprint density at radius 1 is 1.33 bits per heavy atom. The van der Waals surface area contributed by atoms with Crippen LogP contribution in [0.4, 0.5) is 0 Å². The number of hydrogen-bond acceptors (Lipinski definition) is 2. The summed E-state index contributed by atoms with van der Waals surface area (Å²) in [4.78, 5) is 14.0. The van der Waals surface area contributed by atoms with Crippen molar-refractivity contribution in [2.45, 2.75) is 39.2 Å². The number of benzene rings is 1. The van der Waals surface area contributed by atoms with E-state index in [9.17, 15) is 9.90 Å². The van der Waals surface area contributed by atoms with Crippen molar-refractivity contribution in [3.8, 4) is 0 Å². The number of piperidine rings is 1. The van der Waals surface area contributed by atoms with Gasteiger partial charge in [-0.3, -0.25) is 4.79 Å². The monoisotopic (exact) mass is 287 g/mol. The van der Waals surface area contributed by atoms with Crippen molar-refractivity contribution < 1.29 is 9.90 Å². The van der Waals surface area contributed by atoms with Gasteiger partial charge in [-0.2, -0.15) is 0 Å². The molecule has 1 unspecified atom stereocenters. The van der Waals surface area contributed by atoms with Gasteiger partial charge in [0.2, 0.25) is 5.91 Å². The van der Waals surface area contributed by atoms with Crippen LogP contribution in [-0.2, 0) is 4.79 Å². The molecule has 1 heterocycles. The van der Waals surface area contributed by atoms with Crippen molar-refractivity contribution >= 4 is 12.0 Å². The third-order valence-corrected chi connectivity index (χ3v) is 4.25. The zero-order valence-electron chi connectivity index (χ0n) is 13.0. The Kier molecular flexibility index (Phi) is 5.57. The first-order valence-corrected chi connectivity index (χ1v) is 7.75. The van der Waals surface area contributed by atoms with Gasteiger partial charge in [0.05, 0.1) is 6.10 Å². The van der Waals surface area contributed by atoms with Crippen LogP contribution in [0.1, 0.15) is 37.3 Å². The number of rotatable bonds is 4. The van der Waals surface area contributed by atoms with Crippen LogP contribution in [0.15, 0.2) is 30.3 Å². The van der Waals surface area contributed by atoms with Crippen LogP contribution in [0, 0.1) is 12.8 Å². The lowest BCUT2D eigenvalue weighted by atomic mass is 9.92. The standard InChI is InChI=1S/C18H25NO2/c1-14-6-8-16(9-7-14)4-3-5-18(21)19-12-10-17(11-13-19)15(2)20/h3-4,6-9,15,17,20H,5,10-13H2,1-2H3. The summed E-state index contributed by atoms with van der Waals surface area (Å²) in [6.07, 6.45) is 5.94. The molecule has 114 valence electrons. The molecule has 2 rings (SSSR count). The van der Waals surface area contributed by atoms with E-state index >= 15 is 0 Å². The Morgan fingerprint density at radius 3 is 2.52 bits per heavy atom. The van der Waals surface area contributed by atoms with Gasteiger partial charge < -0.3 is 10.0 Å². The van der Waals surface area contributed by atoms with Crippen molar-refractivity contribution in [3.63, 3.8) is 0 Å². The summed E-state index contributed by atoms with van der Waals surface area (Å²) in [6, 6.07) is 8.26. The molecule has 1 saturated heterocycles. The first-order chi connectivity index (χ1) is 10.1. The minimum Gasteiger partial charge on any atom is -0.393 e. The lowest BCUT2D eigenvalue weighted by molar-refractivity contribution is -0.132. The highest BCUT2D eigenvalue weighted by molar-refractivity contribution is 5.78. The van der Waals surface area contributed by atoms with Crippen molar-refractivity contribution in [1.82, 2.24) is 4.90 Å². The third-order valence-electron chi connectivity index (χ3n) is 4.25. The molecule has 1 aromatic rings. The molecule has 3 heteroatoms. The van der Waals surface area contributed by atoms with E-state index in [1.54, 1.807) is 0 Å². The molecule has 0 aromatic heterocycles. The van der Waals surface area contributed by atoms with E-state index in [0.29, 0.717) is 12.3 Å². The molecule has 1 amide bonds. The molecule has 0 bridgehead atoms. The van der Waals surface area contributed by atoms with Crippen LogP contribution in [0.25, 0.3) is 6.08 Å². The fourth-order valence-corrected chi connectivity index (χ4v) is 2.73. The summed E-state index contributed by atoms with van der Waals surface area (Å²) in [5.74, 6) is 0.527. The predicted molar refractivity (Wildman–Crippen MR) is 85.8 cm³/mol. The Morgan fingerprint density at radius 2 is 1.95 bits per heavy atom. The van der Waals surface area contributed by atoms with Crippen LogP contribution in [-0.4, -0.2) is 35.1 Å². The maximum absolute atomic E-state index is 12.1. The molecule has 1 fully saturated rings. The Bertz CT molecular complexity index is 482. The van der Waals surface area contributed by atoms with Crippen molar-refractivity contribution in [3.05, 3.63) is 41.5 Å². The second-order valence-corrected chi connectivity index (χ2v) is 5.98. The summed E-state index contributed by atoms with van der Waals surface area (Å²) in [6.45, 7) is 5.44. The molecule has 1 aliphatic heterocycles. The second-order valence-electron chi connectivity index (χ2n) is 5.98. The molecule has 1 aliphatic rings. The van der Waals surface area contributed by atoms with E-state index < -0.39 is 0 Å². The largest absolute Gasteiger partial charge is 0.393 e. The molecule has 0 spiro atoms. The molecule has 0 radical (unpaired) electrons. The first kappa shape index (κ1) is 15.8. The fraction of sp³-hybridized carbons (Fsp3) is 0.500. The van der Waals surface area contributed by atoms with Gasteiger partial charge in [-0.05, 0) is 38.2 Å². The number of aliphatic hydroxyl groups excluding tert-OH is 1. The molecule has 21 heavy (non-hydrogen) atoms. The topological polar surface area (TPSA) is 40.5 Å². The highest BCUT2D eigenvalue weighted by Crippen LogP contribution is 2.21. The van der Waals surface area contributed by atoms with Crippen LogP contribution in [0.5, 0.6) is 0 Å². The quantitative estimate of drug-likeness (QED) is 0.924. The van der Waals surface area contributed by atoms with Crippen molar-refractivity contribution in [2.75, 3.05) is 13.1 Å². The molecule has 1 N–H and O–H groups in total. The molecular weight excluding hydrogens is 262 g/mol. The minimum absolute atomic E-state index is 0.183. The number of likely N-dealkylation sites (tertiary alicyclic amines) is 1. The lowest BCUT2D eigenvalue weighted by Crippen LogP contribution is -2.40. The number of aliphatic hydroxyl groups is 1. The Balaban J connectivity index is 1.78. The van der Waals surface area contributed by atoms with Gasteiger partial charge in [0.15, 0.2) is 0 Å². The van der Waals surface area contributed by atoms with Gasteiger partial charge >= 0.3 is 0 Å². The summed E-state index contributed by atoms with van der Waals surface area (Å²) in [5.41, 5.74) is 2.37. The average molecular weight is 287 g/mol. The van der Waals surface area contributed by atoms with E-state index in [-0.39, 0.29) is 12.0 Å². The van der Waals surface area contributed by atoms with E-state index in [1.165, 1.54) is 5.56 Å². The van der Waals surface area contributed by atoms with Gasteiger partial charge in [0.1, 0.15) is 0 Å². The predicted octanol–water partition coefficient (Wildman–Crippen LogP) is 3.02. The summed E-state index contributed by atoms with van der Waals surface area (Å²) in [5, 5.41) is 9.57. The number of carbonyl (C=O) groups is 1. The highest BCUT2D eigenvalue weighted by Gasteiger charge is 2.24. The SMILES string of the molecule is Cc1ccc(C=CCC(=O)N2CCC(C(C)O)CC2)cc1. The minimum atomic E-state index is -0.260. The van der Waals surface area contributed by atoms with Crippen molar-refractivity contribution in [2.24, 2.45) is 5.92 Å². The highest BCUT2D eigenvalue weighted by atomic mass is 16.3. The van der Waals surface area contributed by atoms with Gasteiger partial charge in [0.25, 0.3) is 0 Å². The normalized spacial score (nSPS) is 18.1. The number of carbonyl (C=O) groups excluding carboxylic acids is 1. The van der Waals surface area contributed by atoms with Crippen molar-refractivity contribution in [1.29, 1.82) is 0 Å². The van der Waals surface area contributed by atoms with Gasteiger partial charge in [0, 0.05) is 19.5 Å². The second kappa shape index (κ2) is 7.41. The zero-order valence-corrected chi connectivity index (χ0v) is 13.0. The average Bonchev–Trinajstić information content (AvgIpc) is 2.49. The van der Waals surface area contributed by atoms with E-state index in [4.69, 9.17) is 0 Å². The van der Waals surface area contributed by atoms with E-state index in [1.807, 2.05) is 24.0 Å². The van der Waals surface area contributed by atoms with E-state index in [2.05, 4.69) is 31.2 Å². The maximum atomic E-state index is 12.1. The third kappa shape index (κ3) is 4.71. The Hall–Kier alpha value is -1.61. The number of hydrogen-bond donors (Lipinski definition) is 1. The van der Waals surface area contributed by atoms with E-state index in [0.717, 1.165) is 31.5 Å². The van der Waals surface area contributed by atoms with Crippen LogP contribution < -0.4 is 0 Å². The summed E-state index contributed by atoms with van der Waals surface area (Å²) >= 11 is 0. The molecule has 3 nitrogen and oxygen atoms in total. The Labute approximate surface area is 127 Å². The zero-order chi connectivity index (χ0) is 15.2. The van der Waals surface area contributed by atoms with Gasteiger partial charge in [-0.1, -0.05) is 42.0 Å². The van der Waals surface area contributed by atoms with Crippen LogP contribution in [0.2, 0.25) is 0 Å². The van der Waals surface area contributed by atoms with Gasteiger partial charge in [-0.25, -0.2) is 0 Å². The first-order valence-electron chi connectivity index (χ1n) is 7.75. The number of aryl methyl sites for hydroxylation is 1. The summed E-state index contributed by atoms with van der Waals surface area (Å²) in [7, 11) is 0. The molecule has 0 saturated carbocycles. The number of amides is 1. The molecule has 1 atom stereocenters. The smallest absolute Gasteiger partial charge is 0.226 e. The van der Waals surface area contributed by atoms with Crippen LogP contribution >= 0.6 is 0 Å². The number of nitrogens with zero attached hydrogens (tertiary/aromatic N) is 1. The van der Waals surface area contributed by atoms with Crippen LogP contribution in [0.3, 0.4) is 0 Å². The molecule has 0 aliphatic carbocycles. The lowest BCUT2D eigenvalue weighted by Gasteiger charge is -2.33. The van der Waals surface area contributed by atoms with Gasteiger partial charge in [-0.15, -0.1) is 0 Å². The molecule has 1 aromatic carbocycles. The molecular formula is C18H25NO2. The fourth-order valence-electron chi connectivity index (χ4n) is 2.73. The maximum Gasteiger partial charge on any atom is 0.226 e. The summed E-state index contributed by atoms with van der Waals surface area (Å²) < 4.78 is 0.